The van der Waals surface area contributed by atoms with E-state index in [1.54, 1.807) is 29.2 Å². The third-order valence-corrected chi connectivity index (χ3v) is 4.68. The van der Waals surface area contributed by atoms with E-state index >= 15 is 0 Å². The molecule has 1 aromatic heterocycles. The summed E-state index contributed by atoms with van der Waals surface area (Å²) in [6.07, 6.45) is 3.31. The molecule has 1 N–H and O–H groups in total. The number of aromatic nitrogens is 1. The Hall–Kier alpha value is -2.80. The number of halogens is 1. The molecule has 0 saturated carbocycles. The van der Waals surface area contributed by atoms with Crippen LogP contribution < -0.4 is 5.32 Å². The highest BCUT2D eigenvalue weighted by atomic mass is 19.1. The fourth-order valence-corrected chi connectivity index (χ4v) is 2.99. The Morgan fingerprint density at radius 1 is 1.11 bits per heavy atom. The Kier molecular flexibility index (Phi) is 6.13. The maximum Gasteiger partial charge on any atom is 0.255 e. The molecular formula is C20H23FN4O2. The zero-order chi connectivity index (χ0) is 19.2. The van der Waals surface area contributed by atoms with Crippen molar-refractivity contribution in [2.75, 3.05) is 39.8 Å². The van der Waals surface area contributed by atoms with Gasteiger partial charge in [-0.25, -0.2) is 4.39 Å². The van der Waals surface area contributed by atoms with Gasteiger partial charge in [-0.1, -0.05) is 18.2 Å². The van der Waals surface area contributed by atoms with Crippen LogP contribution in [0, 0.1) is 5.82 Å². The maximum atomic E-state index is 13.6. The summed E-state index contributed by atoms with van der Waals surface area (Å²) in [6, 6.07) is 8.04. The lowest BCUT2D eigenvalue weighted by molar-refractivity contribution is 0.0663. The number of hydrogen-bond donors (Lipinski definition) is 1. The van der Waals surface area contributed by atoms with E-state index in [0.29, 0.717) is 42.7 Å². The van der Waals surface area contributed by atoms with Crippen molar-refractivity contribution >= 4 is 11.8 Å². The van der Waals surface area contributed by atoms with Gasteiger partial charge in [0.1, 0.15) is 5.82 Å². The summed E-state index contributed by atoms with van der Waals surface area (Å²) in [4.78, 5) is 32.9. The number of nitrogens with zero attached hydrogens (tertiary/aromatic N) is 3. The zero-order valence-electron chi connectivity index (χ0n) is 15.3. The van der Waals surface area contributed by atoms with Crippen LogP contribution in [0.5, 0.6) is 0 Å². The van der Waals surface area contributed by atoms with Crippen LogP contribution in [0.25, 0.3) is 0 Å². The first-order valence-electron chi connectivity index (χ1n) is 8.99. The van der Waals surface area contributed by atoms with Crippen LogP contribution in [0.1, 0.15) is 26.3 Å². The van der Waals surface area contributed by atoms with Crippen molar-refractivity contribution in [1.82, 2.24) is 20.1 Å². The SMILES string of the molecule is CN1CCN(C(=O)c2cncc(C(=O)NCCc3ccccc3F)c2)CC1. The molecule has 27 heavy (non-hydrogen) atoms. The molecule has 1 aliphatic rings. The van der Waals surface area contributed by atoms with Crippen LogP contribution in [0.4, 0.5) is 4.39 Å². The van der Waals surface area contributed by atoms with E-state index in [9.17, 15) is 14.0 Å². The lowest BCUT2D eigenvalue weighted by Crippen LogP contribution is -2.47. The molecule has 0 unspecified atom stereocenters. The highest BCUT2D eigenvalue weighted by molar-refractivity contribution is 5.99. The number of benzene rings is 1. The first kappa shape index (κ1) is 19.0. The van der Waals surface area contributed by atoms with E-state index in [1.165, 1.54) is 18.5 Å². The fraction of sp³-hybridized carbons (Fsp3) is 0.350. The van der Waals surface area contributed by atoms with Gasteiger partial charge in [-0.15, -0.1) is 0 Å². The Morgan fingerprint density at radius 2 is 1.81 bits per heavy atom. The molecule has 2 aromatic rings. The molecule has 1 saturated heterocycles. The maximum absolute atomic E-state index is 13.6. The van der Waals surface area contributed by atoms with Gasteiger partial charge < -0.3 is 15.1 Å². The summed E-state index contributed by atoms with van der Waals surface area (Å²) in [5.74, 6) is -0.725. The zero-order valence-corrected chi connectivity index (χ0v) is 15.3. The number of amides is 2. The molecule has 0 radical (unpaired) electrons. The van der Waals surface area contributed by atoms with E-state index in [2.05, 4.69) is 15.2 Å². The molecule has 3 rings (SSSR count). The number of rotatable bonds is 5. The quantitative estimate of drug-likeness (QED) is 0.868. The smallest absolute Gasteiger partial charge is 0.255 e. The number of hydrogen-bond acceptors (Lipinski definition) is 4. The van der Waals surface area contributed by atoms with Crippen molar-refractivity contribution in [3.8, 4) is 0 Å². The van der Waals surface area contributed by atoms with Crippen molar-refractivity contribution in [2.24, 2.45) is 0 Å². The Morgan fingerprint density at radius 3 is 2.56 bits per heavy atom. The van der Waals surface area contributed by atoms with Gasteiger partial charge in [0.05, 0.1) is 11.1 Å². The number of carbonyl (C=O) groups excluding carboxylic acids is 2. The van der Waals surface area contributed by atoms with Crippen molar-refractivity contribution < 1.29 is 14.0 Å². The molecule has 0 atom stereocenters. The lowest BCUT2D eigenvalue weighted by atomic mass is 10.1. The number of nitrogens with one attached hydrogen (secondary N) is 1. The van der Waals surface area contributed by atoms with Gasteiger partial charge in [-0.2, -0.15) is 0 Å². The van der Waals surface area contributed by atoms with E-state index in [4.69, 9.17) is 0 Å². The second-order valence-corrected chi connectivity index (χ2v) is 6.66. The molecule has 1 fully saturated rings. The van der Waals surface area contributed by atoms with Crippen LogP contribution in [-0.4, -0.2) is 66.4 Å². The van der Waals surface area contributed by atoms with E-state index in [1.807, 2.05) is 7.05 Å². The highest BCUT2D eigenvalue weighted by Crippen LogP contribution is 2.10. The normalized spacial score (nSPS) is 14.8. The third kappa shape index (κ3) is 4.89. The molecule has 7 heteroatoms. The predicted molar refractivity (Wildman–Crippen MR) is 100 cm³/mol. The Balaban J connectivity index is 1.58. The Bertz CT molecular complexity index is 819. The van der Waals surface area contributed by atoms with Crippen molar-refractivity contribution in [3.63, 3.8) is 0 Å². The summed E-state index contributed by atoms with van der Waals surface area (Å²) in [7, 11) is 2.02. The number of piperazine rings is 1. The number of carbonyl (C=O) groups is 2. The molecule has 6 nitrogen and oxygen atoms in total. The summed E-state index contributed by atoms with van der Waals surface area (Å²) in [5.41, 5.74) is 1.28. The number of likely N-dealkylation sites (N-methyl/N-ethyl adjacent to an activating group) is 1. The monoisotopic (exact) mass is 370 g/mol. The average molecular weight is 370 g/mol. The largest absolute Gasteiger partial charge is 0.352 e. The van der Waals surface area contributed by atoms with Crippen LogP contribution >= 0.6 is 0 Å². The molecule has 1 aliphatic heterocycles. The fourth-order valence-electron chi connectivity index (χ4n) is 2.99. The summed E-state index contributed by atoms with van der Waals surface area (Å²) < 4.78 is 13.6. The predicted octanol–water partition coefficient (Wildman–Crippen LogP) is 1.58. The Labute approximate surface area is 158 Å². The summed E-state index contributed by atoms with van der Waals surface area (Å²) >= 11 is 0. The van der Waals surface area contributed by atoms with Gasteiger partial charge in [0.2, 0.25) is 0 Å². The molecular weight excluding hydrogens is 347 g/mol. The lowest BCUT2D eigenvalue weighted by Gasteiger charge is -2.32. The van der Waals surface area contributed by atoms with Crippen molar-refractivity contribution in [1.29, 1.82) is 0 Å². The second-order valence-electron chi connectivity index (χ2n) is 6.66. The summed E-state index contributed by atoms with van der Waals surface area (Å²) in [6.45, 7) is 3.28. The average Bonchev–Trinajstić information content (AvgIpc) is 2.69. The standard InChI is InChI=1S/C20H23FN4O2/c1-24-8-10-25(11-9-24)20(27)17-12-16(13-22-14-17)19(26)23-7-6-15-4-2-3-5-18(15)21/h2-5,12-14H,6-11H2,1H3,(H,23,26). The van der Waals surface area contributed by atoms with Gasteiger partial charge in [-0.3, -0.25) is 14.6 Å². The molecule has 0 spiro atoms. The molecule has 2 amide bonds. The van der Waals surface area contributed by atoms with E-state index in [-0.39, 0.29) is 17.6 Å². The van der Waals surface area contributed by atoms with E-state index in [0.717, 1.165) is 13.1 Å². The molecule has 0 bridgehead atoms. The van der Waals surface area contributed by atoms with E-state index < -0.39 is 0 Å². The van der Waals surface area contributed by atoms with Gasteiger partial charge in [0.15, 0.2) is 0 Å². The van der Waals surface area contributed by atoms with Crippen molar-refractivity contribution in [2.45, 2.75) is 6.42 Å². The minimum Gasteiger partial charge on any atom is -0.352 e. The molecule has 2 heterocycles. The van der Waals surface area contributed by atoms with Crippen molar-refractivity contribution in [3.05, 3.63) is 65.2 Å². The van der Waals surface area contributed by atoms with Gasteiger partial charge in [0, 0.05) is 45.1 Å². The topological polar surface area (TPSA) is 65.5 Å². The molecule has 0 aliphatic carbocycles. The molecule has 142 valence electrons. The third-order valence-electron chi connectivity index (χ3n) is 4.68. The van der Waals surface area contributed by atoms with Crippen LogP contribution in [0.2, 0.25) is 0 Å². The van der Waals surface area contributed by atoms with Gasteiger partial charge in [0.25, 0.3) is 11.8 Å². The number of pyridine rings is 1. The van der Waals surface area contributed by atoms with Crippen LogP contribution in [0.15, 0.2) is 42.7 Å². The first-order valence-corrected chi connectivity index (χ1v) is 8.99. The highest BCUT2D eigenvalue weighted by Gasteiger charge is 2.21. The van der Waals surface area contributed by atoms with Crippen LogP contribution in [0.3, 0.4) is 0 Å². The molecule has 1 aromatic carbocycles. The summed E-state index contributed by atoms with van der Waals surface area (Å²) in [5, 5.41) is 2.75. The van der Waals surface area contributed by atoms with Crippen LogP contribution in [-0.2, 0) is 6.42 Å². The minimum atomic E-state index is -0.327. The first-order chi connectivity index (χ1) is 13.0. The van der Waals surface area contributed by atoms with Gasteiger partial charge >= 0.3 is 0 Å². The minimum absolute atomic E-state index is 0.114. The van der Waals surface area contributed by atoms with Gasteiger partial charge in [-0.05, 0) is 31.2 Å². The second kappa shape index (κ2) is 8.73.